The van der Waals surface area contributed by atoms with Crippen LogP contribution in [0.5, 0.6) is 0 Å². The summed E-state index contributed by atoms with van der Waals surface area (Å²) < 4.78 is 26.8. The number of aliphatic hydroxyl groups excluding tert-OH is 1. The molecule has 0 bridgehead atoms. The molecule has 4 saturated carbocycles. The maximum atomic E-state index is 12.3. The summed E-state index contributed by atoms with van der Waals surface area (Å²) in [6.07, 6.45) is 12.9. The molecule has 3 N–H and O–H groups in total. The highest BCUT2D eigenvalue weighted by Gasteiger charge is 2.61. The highest BCUT2D eigenvalue weighted by atomic mass is 32.2. The molecule has 0 spiro atoms. The lowest BCUT2D eigenvalue weighted by molar-refractivity contribution is -0.150. The van der Waals surface area contributed by atoms with E-state index in [1.807, 2.05) is 0 Å². The fraction of sp³-hybridized carbons (Fsp3) is 0.828. The van der Waals surface area contributed by atoms with E-state index in [9.17, 15) is 18.3 Å². The summed E-state index contributed by atoms with van der Waals surface area (Å²) in [5, 5.41) is 14.9. The number of nitrogens with one attached hydrogen (secondary N) is 2. The lowest BCUT2D eigenvalue weighted by atomic mass is 9.42. The van der Waals surface area contributed by atoms with Crippen LogP contribution in [0.3, 0.4) is 0 Å². The number of hydrogen-bond acceptors (Lipinski definition) is 5. The molecule has 4 fully saturated rings. The van der Waals surface area contributed by atoms with Gasteiger partial charge >= 0.3 is 6.03 Å². The van der Waals surface area contributed by atoms with Gasteiger partial charge in [0.25, 0.3) is 10.0 Å². The minimum absolute atomic E-state index is 0.0973. The number of carbonyl (C=O) groups excluding carboxylic acids is 1. The zero-order chi connectivity index (χ0) is 26.4. The van der Waals surface area contributed by atoms with Crippen molar-refractivity contribution in [2.45, 2.75) is 102 Å². The van der Waals surface area contributed by atoms with Crippen molar-refractivity contribution in [1.29, 1.82) is 0 Å². The molecule has 5 rings (SSSR count). The first-order valence-electron chi connectivity index (χ1n) is 14.6. The first-order chi connectivity index (χ1) is 17.6. The molecule has 9 atom stereocenters. The van der Waals surface area contributed by atoms with Gasteiger partial charge in [-0.15, -0.1) is 11.3 Å². The predicted octanol–water partition coefficient (Wildman–Crippen LogP) is 6.17. The van der Waals surface area contributed by atoms with E-state index in [1.165, 1.54) is 51.0 Å². The highest BCUT2D eigenvalue weighted by molar-refractivity contribution is 7.92. The average Bonchev–Trinajstić information content (AvgIpc) is 3.51. The Balaban J connectivity index is 1.17. The Morgan fingerprint density at radius 3 is 2.57 bits per heavy atom. The molecule has 8 heteroatoms. The van der Waals surface area contributed by atoms with Crippen LogP contribution in [-0.2, 0) is 10.0 Å². The maximum absolute atomic E-state index is 12.3. The molecule has 2 amide bonds. The van der Waals surface area contributed by atoms with Gasteiger partial charge in [0.05, 0.1) is 6.10 Å². The van der Waals surface area contributed by atoms with Crippen LogP contribution in [0.4, 0.5) is 4.79 Å². The standard InChI is InChI=1S/C29H46N2O4S2/c1-4-19-17-22-23-10-9-20(7-5-15-30-27(33)31-37(34,35)26-8-6-16-36-26)28(23,2)14-12-24(22)29(3)13-11-21(32)18-25(19)29/h6,8,16,19-25,32H,4-5,7,9-15,17-18H2,1-3H3,(H2,30,31,33)/t19-,20-,21+,22-,23-,24-,25-,28+,29+/m0/s1. The predicted molar refractivity (Wildman–Crippen MR) is 148 cm³/mol. The minimum Gasteiger partial charge on any atom is -0.393 e. The number of urea groups is 1. The zero-order valence-corrected chi connectivity index (χ0v) is 24.4. The van der Waals surface area contributed by atoms with Crippen molar-refractivity contribution in [1.82, 2.24) is 10.0 Å². The van der Waals surface area contributed by atoms with E-state index >= 15 is 0 Å². The molecule has 4 aliphatic rings. The largest absolute Gasteiger partial charge is 0.393 e. The molecule has 0 aliphatic heterocycles. The topological polar surface area (TPSA) is 95.5 Å². The van der Waals surface area contributed by atoms with Gasteiger partial charge in [-0.2, -0.15) is 0 Å². The van der Waals surface area contributed by atoms with Gasteiger partial charge < -0.3 is 10.4 Å². The number of amides is 2. The van der Waals surface area contributed by atoms with Crippen LogP contribution < -0.4 is 10.0 Å². The lowest BCUT2D eigenvalue weighted by Crippen LogP contribution is -2.56. The molecule has 1 aromatic heterocycles. The third-order valence-corrected chi connectivity index (χ3v) is 14.3. The Hall–Kier alpha value is -1.12. The summed E-state index contributed by atoms with van der Waals surface area (Å²) in [6.45, 7) is 7.99. The van der Waals surface area contributed by atoms with Crippen LogP contribution in [0.1, 0.15) is 91.4 Å². The quantitative estimate of drug-likeness (QED) is 0.354. The molecular formula is C29H46N2O4S2. The summed E-state index contributed by atoms with van der Waals surface area (Å²) in [6, 6.07) is 2.52. The number of carbonyl (C=O) groups is 1. The van der Waals surface area contributed by atoms with E-state index in [0.717, 1.165) is 60.7 Å². The summed E-state index contributed by atoms with van der Waals surface area (Å²) in [4.78, 5) is 12.2. The summed E-state index contributed by atoms with van der Waals surface area (Å²) in [5.41, 5.74) is 0.768. The molecule has 37 heavy (non-hydrogen) atoms. The van der Waals surface area contributed by atoms with Gasteiger partial charge in [-0.1, -0.05) is 33.3 Å². The van der Waals surface area contributed by atoms with Gasteiger partial charge in [0, 0.05) is 6.54 Å². The normalized spacial score (nSPS) is 41.4. The van der Waals surface area contributed by atoms with Crippen molar-refractivity contribution in [3.05, 3.63) is 17.5 Å². The van der Waals surface area contributed by atoms with Gasteiger partial charge in [0.1, 0.15) is 4.21 Å². The number of sulfonamides is 1. The monoisotopic (exact) mass is 550 g/mol. The SMILES string of the molecule is CC[C@H]1C[C@@H]2[C@H](CC[C@]3(C)[C@@H](CCCNC(=O)NS(=O)(=O)c4cccs4)CC[C@@H]23)[C@@]2(C)CC[C@@H](O)C[C@@H]12. The number of aliphatic hydroxyl groups is 1. The van der Waals surface area contributed by atoms with Crippen LogP contribution in [0.15, 0.2) is 21.7 Å². The third kappa shape index (κ3) is 5.00. The molecule has 0 unspecified atom stereocenters. The second-order valence-electron chi connectivity index (χ2n) is 13.1. The van der Waals surface area contributed by atoms with E-state index < -0.39 is 16.1 Å². The number of fused-ring (bicyclic) bond motifs is 5. The summed E-state index contributed by atoms with van der Waals surface area (Å²) in [5.74, 6) is 4.52. The Morgan fingerprint density at radius 1 is 1.08 bits per heavy atom. The Bertz CT molecular complexity index is 1060. The summed E-state index contributed by atoms with van der Waals surface area (Å²) >= 11 is 1.10. The molecule has 0 radical (unpaired) electrons. The molecule has 6 nitrogen and oxygen atoms in total. The van der Waals surface area contributed by atoms with E-state index in [1.54, 1.807) is 11.4 Å². The second-order valence-corrected chi connectivity index (χ2v) is 15.9. The smallest absolute Gasteiger partial charge is 0.328 e. The highest BCUT2D eigenvalue weighted by Crippen LogP contribution is 2.69. The molecule has 0 aromatic carbocycles. The first kappa shape index (κ1) is 27.4. The van der Waals surface area contributed by atoms with Crippen LogP contribution in [0, 0.1) is 46.3 Å². The Kier molecular flexibility index (Phi) is 7.76. The molecule has 4 aliphatic carbocycles. The second kappa shape index (κ2) is 10.5. The van der Waals surface area contributed by atoms with E-state index in [-0.39, 0.29) is 10.3 Å². The minimum atomic E-state index is -3.79. The maximum Gasteiger partial charge on any atom is 0.328 e. The van der Waals surface area contributed by atoms with Crippen LogP contribution in [0.25, 0.3) is 0 Å². The fourth-order valence-corrected chi connectivity index (χ4v) is 11.6. The van der Waals surface area contributed by atoms with Crippen molar-refractivity contribution in [3.8, 4) is 0 Å². The zero-order valence-electron chi connectivity index (χ0n) is 22.7. The van der Waals surface area contributed by atoms with Gasteiger partial charge in [-0.05, 0) is 122 Å². The van der Waals surface area contributed by atoms with E-state index in [2.05, 4.69) is 30.8 Å². The van der Waals surface area contributed by atoms with Crippen molar-refractivity contribution in [2.75, 3.05) is 6.54 Å². The van der Waals surface area contributed by atoms with Crippen molar-refractivity contribution in [3.63, 3.8) is 0 Å². The van der Waals surface area contributed by atoms with Crippen molar-refractivity contribution >= 4 is 27.4 Å². The van der Waals surface area contributed by atoms with Crippen LogP contribution >= 0.6 is 11.3 Å². The fourth-order valence-electron chi connectivity index (χ4n) is 9.69. The van der Waals surface area contributed by atoms with Crippen molar-refractivity contribution in [2.24, 2.45) is 46.3 Å². The van der Waals surface area contributed by atoms with E-state index in [0.29, 0.717) is 29.2 Å². The number of hydrogen-bond donors (Lipinski definition) is 3. The third-order valence-electron chi connectivity index (χ3n) is 11.5. The first-order valence-corrected chi connectivity index (χ1v) is 17.0. The molecule has 1 aromatic rings. The lowest BCUT2D eigenvalue weighted by Gasteiger charge is -2.63. The van der Waals surface area contributed by atoms with Crippen LogP contribution in [0.2, 0.25) is 0 Å². The molecule has 1 heterocycles. The molecule has 208 valence electrons. The number of thiophene rings is 1. The molecular weight excluding hydrogens is 504 g/mol. The Labute approximate surface area is 227 Å². The van der Waals surface area contributed by atoms with Crippen molar-refractivity contribution < 1.29 is 18.3 Å². The Morgan fingerprint density at radius 2 is 1.84 bits per heavy atom. The summed E-state index contributed by atoms with van der Waals surface area (Å²) in [7, 11) is -3.79. The van der Waals surface area contributed by atoms with Gasteiger partial charge in [-0.3, -0.25) is 0 Å². The van der Waals surface area contributed by atoms with Gasteiger partial charge in [-0.25, -0.2) is 17.9 Å². The van der Waals surface area contributed by atoms with E-state index in [4.69, 9.17) is 0 Å². The molecule has 0 saturated heterocycles. The van der Waals surface area contributed by atoms with Gasteiger partial charge in [0.15, 0.2) is 0 Å². The number of rotatable bonds is 7. The van der Waals surface area contributed by atoms with Gasteiger partial charge in [0.2, 0.25) is 0 Å². The van der Waals surface area contributed by atoms with Crippen LogP contribution in [-0.4, -0.2) is 32.2 Å². The average molecular weight is 551 g/mol.